The van der Waals surface area contributed by atoms with Gasteiger partial charge in [0.1, 0.15) is 0 Å². The first-order chi connectivity index (χ1) is 3.81. The molecule has 0 aliphatic rings. The van der Waals surface area contributed by atoms with Crippen LogP contribution in [-0.2, 0) is 9.53 Å². The molecule has 0 bridgehead atoms. The normalized spacial score (nSPS) is 8.75. The predicted molar refractivity (Wildman–Crippen MR) is 30.6 cm³/mol. The molecule has 0 saturated heterocycles. The van der Waals surface area contributed by atoms with Crippen LogP contribution in [0.5, 0.6) is 0 Å². The monoisotopic (exact) mass is 117 g/mol. The second-order valence-corrected chi connectivity index (χ2v) is 1.43. The van der Waals surface area contributed by atoms with Gasteiger partial charge < -0.3 is 10.1 Å². The Hall–Kier alpha value is -0.570. The largest absolute Gasteiger partial charge is 0.469 e. The van der Waals surface area contributed by atoms with Crippen LogP contribution in [0.3, 0.4) is 0 Å². The van der Waals surface area contributed by atoms with Gasteiger partial charge in [0.2, 0.25) is 0 Å². The molecular formula is C5H11NO2. The minimum Gasteiger partial charge on any atom is -0.469 e. The second kappa shape index (κ2) is 4.59. The third-order valence-corrected chi connectivity index (χ3v) is 0.807. The van der Waals surface area contributed by atoms with Gasteiger partial charge in [0.05, 0.1) is 13.5 Å². The molecule has 0 aliphatic carbocycles. The van der Waals surface area contributed by atoms with E-state index in [1.807, 2.05) is 0 Å². The van der Waals surface area contributed by atoms with E-state index < -0.39 is 0 Å². The summed E-state index contributed by atoms with van der Waals surface area (Å²) in [6.07, 6.45) is 0.451. The van der Waals surface area contributed by atoms with Gasteiger partial charge in [-0.1, -0.05) is 0 Å². The smallest absolute Gasteiger partial charge is 0.306 e. The Morgan fingerprint density at radius 1 is 1.75 bits per heavy atom. The van der Waals surface area contributed by atoms with Crippen molar-refractivity contribution in [1.29, 1.82) is 0 Å². The summed E-state index contributed by atoms with van der Waals surface area (Å²) >= 11 is 0. The van der Waals surface area contributed by atoms with Crippen LogP contribution in [0.1, 0.15) is 6.42 Å². The van der Waals surface area contributed by atoms with Crippen molar-refractivity contribution in [3.05, 3.63) is 0 Å². The quantitative estimate of drug-likeness (QED) is 0.519. The van der Waals surface area contributed by atoms with Gasteiger partial charge in [-0.3, -0.25) is 4.79 Å². The lowest BCUT2D eigenvalue weighted by Gasteiger charge is -1.95. The molecule has 0 amide bonds. The fourth-order valence-electron chi connectivity index (χ4n) is 0.329. The molecule has 1 N–H and O–H groups in total. The molecule has 0 aromatic heterocycles. The Morgan fingerprint density at radius 2 is 2.38 bits per heavy atom. The number of hydrogen-bond acceptors (Lipinski definition) is 3. The molecule has 0 rings (SSSR count). The lowest BCUT2D eigenvalue weighted by atomic mass is 10.4. The summed E-state index contributed by atoms with van der Waals surface area (Å²) < 4.78 is 4.37. The first-order valence-electron chi connectivity index (χ1n) is 2.52. The van der Waals surface area contributed by atoms with Gasteiger partial charge in [-0.25, -0.2) is 0 Å². The lowest BCUT2D eigenvalue weighted by molar-refractivity contribution is -0.140. The molecular weight excluding hydrogens is 106 g/mol. The minimum atomic E-state index is -0.167. The van der Waals surface area contributed by atoms with E-state index in [9.17, 15) is 4.79 Å². The first-order valence-corrected chi connectivity index (χ1v) is 2.52. The van der Waals surface area contributed by atoms with E-state index in [-0.39, 0.29) is 5.97 Å². The molecule has 0 radical (unpaired) electrons. The Labute approximate surface area is 49.0 Å². The molecule has 8 heavy (non-hydrogen) atoms. The summed E-state index contributed by atoms with van der Waals surface area (Å²) in [5, 5.41) is 2.83. The first kappa shape index (κ1) is 7.43. The third-order valence-electron chi connectivity index (χ3n) is 0.807. The maximum atomic E-state index is 10.3. The molecule has 0 unspecified atom stereocenters. The van der Waals surface area contributed by atoms with Crippen LogP contribution >= 0.6 is 0 Å². The van der Waals surface area contributed by atoms with Crippen molar-refractivity contribution < 1.29 is 9.53 Å². The van der Waals surface area contributed by atoms with Gasteiger partial charge in [0, 0.05) is 6.54 Å². The van der Waals surface area contributed by atoms with Crippen LogP contribution in [0.2, 0.25) is 0 Å². The number of ether oxygens (including phenoxy) is 1. The van der Waals surface area contributed by atoms with E-state index in [4.69, 9.17) is 0 Å². The number of carbonyl (C=O) groups excluding carboxylic acids is 1. The number of methoxy groups -OCH3 is 1. The fourth-order valence-corrected chi connectivity index (χ4v) is 0.329. The zero-order valence-corrected chi connectivity index (χ0v) is 5.23. The molecule has 0 heterocycles. The van der Waals surface area contributed by atoms with Crippen molar-refractivity contribution in [3.8, 4) is 0 Å². The number of hydrogen-bond donors (Lipinski definition) is 1. The highest BCUT2D eigenvalue weighted by molar-refractivity contribution is 5.69. The molecule has 0 atom stereocenters. The standard InChI is InChI=1S/C5H11NO2/c1-6-4-3-5(7)8-2/h6H,3-4H2,1-2H3. The third kappa shape index (κ3) is 3.61. The summed E-state index contributed by atoms with van der Waals surface area (Å²) in [6.45, 7) is 0.687. The average Bonchev–Trinajstić information content (AvgIpc) is 1.83. The number of esters is 1. The van der Waals surface area contributed by atoms with E-state index >= 15 is 0 Å². The molecule has 0 aliphatic heterocycles. The van der Waals surface area contributed by atoms with Gasteiger partial charge in [-0.15, -0.1) is 0 Å². The highest BCUT2D eigenvalue weighted by Crippen LogP contribution is 1.78. The number of carbonyl (C=O) groups is 1. The minimum absolute atomic E-state index is 0.167. The topological polar surface area (TPSA) is 38.3 Å². The molecule has 0 saturated carbocycles. The van der Waals surface area contributed by atoms with Crippen molar-refractivity contribution in [2.75, 3.05) is 20.7 Å². The van der Waals surface area contributed by atoms with E-state index in [1.54, 1.807) is 7.05 Å². The molecule has 3 nitrogen and oxygen atoms in total. The van der Waals surface area contributed by atoms with Crippen LogP contribution in [0.4, 0.5) is 0 Å². The van der Waals surface area contributed by atoms with E-state index in [1.165, 1.54) is 7.11 Å². The second-order valence-electron chi connectivity index (χ2n) is 1.43. The lowest BCUT2D eigenvalue weighted by Crippen LogP contribution is -2.13. The van der Waals surface area contributed by atoms with Gasteiger partial charge >= 0.3 is 5.97 Å². The zero-order valence-electron chi connectivity index (χ0n) is 5.23. The Bertz CT molecular complexity index is 72.8. The summed E-state index contributed by atoms with van der Waals surface area (Å²) in [5.74, 6) is -0.167. The van der Waals surface area contributed by atoms with Gasteiger partial charge in [-0.2, -0.15) is 0 Å². The van der Waals surface area contributed by atoms with Crippen LogP contribution in [-0.4, -0.2) is 26.7 Å². The van der Waals surface area contributed by atoms with Crippen molar-refractivity contribution >= 4 is 5.97 Å². The van der Waals surface area contributed by atoms with Crippen molar-refractivity contribution in [1.82, 2.24) is 5.32 Å². The van der Waals surface area contributed by atoms with E-state index in [0.717, 1.165) is 0 Å². The Morgan fingerprint density at radius 3 is 2.75 bits per heavy atom. The summed E-state index contributed by atoms with van der Waals surface area (Å²) in [5.41, 5.74) is 0. The van der Waals surface area contributed by atoms with Gasteiger partial charge in [-0.05, 0) is 7.05 Å². The maximum Gasteiger partial charge on any atom is 0.306 e. The maximum absolute atomic E-state index is 10.3. The van der Waals surface area contributed by atoms with Crippen molar-refractivity contribution in [2.24, 2.45) is 0 Å². The summed E-state index contributed by atoms with van der Waals surface area (Å²) in [6, 6.07) is 0. The summed E-state index contributed by atoms with van der Waals surface area (Å²) in [4.78, 5) is 10.3. The van der Waals surface area contributed by atoms with E-state index in [0.29, 0.717) is 13.0 Å². The van der Waals surface area contributed by atoms with Crippen LogP contribution in [0.15, 0.2) is 0 Å². The van der Waals surface area contributed by atoms with Crippen LogP contribution < -0.4 is 5.32 Å². The van der Waals surface area contributed by atoms with Gasteiger partial charge in [0.25, 0.3) is 0 Å². The fraction of sp³-hybridized carbons (Fsp3) is 0.800. The molecule has 0 spiro atoms. The molecule has 0 aromatic carbocycles. The zero-order chi connectivity index (χ0) is 6.41. The Kier molecular flexibility index (Phi) is 4.26. The highest BCUT2D eigenvalue weighted by atomic mass is 16.5. The molecule has 48 valence electrons. The molecule has 0 fully saturated rings. The highest BCUT2D eigenvalue weighted by Gasteiger charge is 1.94. The van der Waals surface area contributed by atoms with Crippen molar-refractivity contribution in [3.63, 3.8) is 0 Å². The van der Waals surface area contributed by atoms with E-state index in [2.05, 4.69) is 10.1 Å². The van der Waals surface area contributed by atoms with Crippen molar-refractivity contribution in [2.45, 2.75) is 6.42 Å². The average molecular weight is 117 g/mol. The van der Waals surface area contributed by atoms with Gasteiger partial charge in [0.15, 0.2) is 0 Å². The number of rotatable bonds is 3. The Balaban J connectivity index is 2.99. The predicted octanol–water partition coefficient (Wildman–Crippen LogP) is -0.231. The number of nitrogens with one attached hydrogen (secondary N) is 1. The summed E-state index contributed by atoms with van der Waals surface area (Å²) in [7, 11) is 3.18. The molecule has 0 aromatic rings. The SMILES string of the molecule is CNCCC(=O)OC. The van der Waals surface area contributed by atoms with Crippen LogP contribution in [0, 0.1) is 0 Å². The molecule has 3 heteroatoms. The van der Waals surface area contributed by atoms with Crippen LogP contribution in [0.25, 0.3) is 0 Å².